The number of rotatable bonds is 3. The molecule has 0 spiro atoms. The fourth-order valence-electron chi connectivity index (χ4n) is 2.38. The van der Waals surface area contributed by atoms with Crippen LogP contribution in [-0.4, -0.2) is 55.9 Å². The molecule has 1 aromatic rings. The molecule has 1 unspecified atom stereocenters. The average molecular weight is 308 g/mol. The van der Waals surface area contributed by atoms with Gasteiger partial charge in [0.1, 0.15) is 4.90 Å². The van der Waals surface area contributed by atoms with Gasteiger partial charge in [0, 0.05) is 23.8 Å². The third-order valence-electron chi connectivity index (χ3n) is 3.28. The number of aromatic nitrogens is 2. The summed E-state index contributed by atoms with van der Waals surface area (Å²) in [7, 11) is 3.70. The fraction of sp³-hybridized carbons (Fsp3) is 0.727. The van der Waals surface area contributed by atoms with Crippen LogP contribution in [0.5, 0.6) is 0 Å². The predicted octanol–water partition coefficient (Wildman–Crippen LogP) is 0.758. The average Bonchev–Trinajstić information content (AvgIpc) is 2.53. The zero-order chi connectivity index (χ0) is 14.2. The van der Waals surface area contributed by atoms with E-state index in [-0.39, 0.29) is 11.0 Å². The molecule has 1 saturated heterocycles. The lowest BCUT2D eigenvalue weighted by Gasteiger charge is -2.30. The number of ether oxygens (including phenoxy) is 1. The number of halogens is 1. The summed E-state index contributed by atoms with van der Waals surface area (Å²) in [5.74, 6) is 0. The largest absolute Gasteiger partial charge is 0.374 e. The van der Waals surface area contributed by atoms with Crippen molar-refractivity contribution >= 4 is 19.7 Å². The highest BCUT2D eigenvalue weighted by Crippen LogP contribution is 2.23. The lowest BCUT2D eigenvalue weighted by Crippen LogP contribution is -2.42. The van der Waals surface area contributed by atoms with Crippen LogP contribution in [0.1, 0.15) is 11.4 Å². The maximum absolute atomic E-state index is 11.5. The minimum atomic E-state index is -3.76. The van der Waals surface area contributed by atoms with Gasteiger partial charge in [-0.1, -0.05) is 0 Å². The van der Waals surface area contributed by atoms with Crippen molar-refractivity contribution < 1.29 is 13.2 Å². The molecule has 19 heavy (non-hydrogen) atoms. The van der Waals surface area contributed by atoms with Crippen LogP contribution in [0.4, 0.5) is 0 Å². The predicted molar refractivity (Wildman–Crippen MR) is 72.0 cm³/mol. The van der Waals surface area contributed by atoms with Crippen LogP contribution < -0.4 is 0 Å². The molecular formula is C11H18ClN3O3S. The minimum absolute atomic E-state index is 0.0163. The monoisotopic (exact) mass is 307 g/mol. The van der Waals surface area contributed by atoms with Gasteiger partial charge < -0.3 is 9.64 Å². The van der Waals surface area contributed by atoms with Crippen molar-refractivity contribution in [3.63, 3.8) is 0 Å². The Morgan fingerprint density at radius 3 is 2.68 bits per heavy atom. The van der Waals surface area contributed by atoms with E-state index in [1.165, 1.54) is 0 Å². The van der Waals surface area contributed by atoms with E-state index >= 15 is 0 Å². The van der Waals surface area contributed by atoms with Gasteiger partial charge in [0.25, 0.3) is 9.05 Å². The van der Waals surface area contributed by atoms with Gasteiger partial charge in [-0.3, -0.25) is 4.68 Å². The zero-order valence-corrected chi connectivity index (χ0v) is 12.8. The van der Waals surface area contributed by atoms with Gasteiger partial charge >= 0.3 is 0 Å². The van der Waals surface area contributed by atoms with E-state index in [9.17, 15) is 8.42 Å². The first-order chi connectivity index (χ1) is 8.79. The first-order valence-corrected chi connectivity index (χ1v) is 8.39. The lowest BCUT2D eigenvalue weighted by atomic mass is 10.3. The molecule has 0 saturated carbocycles. The van der Waals surface area contributed by atoms with Gasteiger partial charge in [-0.25, -0.2) is 8.42 Å². The third-order valence-corrected chi connectivity index (χ3v) is 4.82. The Morgan fingerprint density at radius 2 is 2.16 bits per heavy atom. The van der Waals surface area contributed by atoms with E-state index in [1.54, 1.807) is 18.5 Å². The van der Waals surface area contributed by atoms with E-state index in [0.29, 0.717) is 24.5 Å². The standard InChI is InChI=1S/C11H18ClN3O3S/c1-8-11(19(12,16)17)9(2)15(13-8)7-10-6-14(3)4-5-18-10/h10H,4-7H2,1-3H3. The second kappa shape index (κ2) is 5.40. The van der Waals surface area contributed by atoms with Gasteiger partial charge in [0.15, 0.2) is 0 Å². The number of nitrogens with zero attached hydrogens (tertiary/aromatic N) is 3. The summed E-state index contributed by atoms with van der Waals surface area (Å²) in [6, 6.07) is 0. The Labute approximate surface area is 117 Å². The molecule has 1 aliphatic rings. The fourth-order valence-corrected chi connectivity index (χ4v) is 3.90. The van der Waals surface area contributed by atoms with Crippen molar-refractivity contribution in [2.24, 2.45) is 0 Å². The summed E-state index contributed by atoms with van der Waals surface area (Å²) in [4.78, 5) is 2.29. The van der Waals surface area contributed by atoms with Crippen LogP contribution in [0, 0.1) is 13.8 Å². The Kier molecular flexibility index (Phi) is 4.20. The van der Waals surface area contributed by atoms with Crippen molar-refractivity contribution in [1.29, 1.82) is 0 Å². The van der Waals surface area contributed by atoms with Crippen LogP contribution in [0.3, 0.4) is 0 Å². The number of hydrogen-bond acceptors (Lipinski definition) is 5. The SMILES string of the molecule is Cc1nn(CC2CN(C)CCO2)c(C)c1S(=O)(=O)Cl. The van der Waals surface area contributed by atoms with Gasteiger partial charge in [-0.2, -0.15) is 5.10 Å². The Morgan fingerprint density at radius 1 is 1.47 bits per heavy atom. The van der Waals surface area contributed by atoms with E-state index in [4.69, 9.17) is 15.4 Å². The summed E-state index contributed by atoms with van der Waals surface area (Å²) in [5.41, 5.74) is 0.987. The second-order valence-electron chi connectivity index (χ2n) is 4.87. The number of likely N-dealkylation sites (N-methyl/N-ethyl adjacent to an activating group) is 1. The van der Waals surface area contributed by atoms with Crippen LogP contribution in [0.15, 0.2) is 4.90 Å². The first-order valence-electron chi connectivity index (χ1n) is 6.08. The molecule has 0 aromatic carbocycles. The molecule has 6 nitrogen and oxygen atoms in total. The van der Waals surface area contributed by atoms with Crippen LogP contribution in [0.25, 0.3) is 0 Å². The van der Waals surface area contributed by atoms with Crippen molar-refractivity contribution in [2.45, 2.75) is 31.4 Å². The van der Waals surface area contributed by atoms with Crippen LogP contribution >= 0.6 is 10.7 Å². The molecular weight excluding hydrogens is 290 g/mol. The molecule has 0 bridgehead atoms. The van der Waals surface area contributed by atoms with Gasteiger partial charge in [-0.15, -0.1) is 0 Å². The molecule has 108 valence electrons. The second-order valence-corrected chi connectivity index (χ2v) is 7.38. The van der Waals surface area contributed by atoms with E-state index in [2.05, 4.69) is 10.00 Å². The summed E-state index contributed by atoms with van der Waals surface area (Å²) in [5, 5.41) is 4.25. The molecule has 0 radical (unpaired) electrons. The number of aryl methyl sites for hydroxylation is 1. The highest BCUT2D eigenvalue weighted by molar-refractivity contribution is 8.13. The quantitative estimate of drug-likeness (QED) is 0.771. The van der Waals surface area contributed by atoms with E-state index in [1.807, 2.05) is 7.05 Å². The molecule has 1 fully saturated rings. The molecule has 0 aliphatic carbocycles. The zero-order valence-electron chi connectivity index (χ0n) is 11.3. The summed E-state index contributed by atoms with van der Waals surface area (Å²) < 4.78 is 30.3. The highest BCUT2D eigenvalue weighted by Gasteiger charge is 2.25. The molecule has 2 heterocycles. The topological polar surface area (TPSA) is 64.4 Å². The molecule has 1 atom stereocenters. The summed E-state index contributed by atoms with van der Waals surface area (Å²) in [6.45, 7) is 6.29. The minimum Gasteiger partial charge on any atom is -0.374 e. The number of morpholine rings is 1. The maximum Gasteiger partial charge on any atom is 0.264 e. The van der Waals surface area contributed by atoms with Crippen molar-refractivity contribution in [1.82, 2.24) is 14.7 Å². The van der Waals surface area contributed by atoms with Gasteiger partial charge in [-0.05, 0) is 20.9 Å². The number of hydrogen-bond donors (Lipinski definition) is 0. The maximum atomic E-state index is 11.5. The first kappa shape index (κ1) is 14.8. The van der Waals surface area contributed by atoms with Crippen molar-refractivity contribution in [2.75, 3.05) is 26.7 Å². The van der Waals surface area contributed by atoms with E-state index < -0.39 is 9.05 Å². The third kappa shape index (κ3) is 3.28. The molecule has 0 amide bonds. The Balaban J connectivity index is 2.22. The molecule has 8 heteroatoms. The normalized spacial score (nSPS) is 21.8. The summed E-state index contributed by atoms with van der Waals surface area (Å²) >= 11 is 0. The summed E-state index contributed by atoms with van der Waals surface area (Å²) in [6.07, 6.45) is 0.0163. The Hall–Kier alpha value is -0.630. The molecule has 2 rings (SSSR count). The van der Waals surface area contributed by atoms with Crippen molar-refractivity contribution in [3.8, 4) is 0 Å². The molecule has 0 N–H and O–H groups in total. The molecule has 1 aromatic heterocycles. The van der Waals surface area contributed by atoms with E-state index in [0.717, 1.165) is 13.1 Å². The van der Waals surface area contributed by atoms with Gasteiger partial charge in [0.2, 0.25) is 0 Å². The van der Waals surface area contributed by atoms with Crippen LogP contribution in [0.2, 0.25) is 0 Å². The lowest BCUT2D eigenvalue weighted by molar-refractivity contribution is -0.0293. The van der Waals surface area contributed by atoms with Crippen LogP contribution in [-0.2, 0) is 20.3 Å². The van der Waals surface area contributed by atoms with Crippen molar-refractivity contribution in [3.05, 3.63) is 11.4 Å². The Bertz CT molecular complexity index is 570. The smallest absolute Gasteiger partial charge is 0.264 e. The van der Waals surface area contributed by atoms with Gasteiger partial charge in [0.05, 0.1) is 30.6 Å². The highest BCUT2D eigenvalue weighted by atomic mass is 35.7. The molecule has 1 aliphatic heterocycles.